The highest BCUT2D eigenvalue weighted by Gasteiger charge is 2.17. The van der Waals surface area contributed by atoms with Crippen LogP contribution in [0.5, 0.6) is 0 Å². The molecule has 1 saturated carbocycles. The summed E-state index contributed by atoms with van der Waals surface area (Å²) in [5.74, 6) is 4.57. The lowest BCUT2D eigenvalue weighted by atomic mass is 9.80. The normalized spacial score (nSPS) is 22.9. The number of rotatable bonds is 8. The van der Waals surface area contributed by atoms with Crippen LogP contribution < -0.4 is 0 Å². The average Bonchev–Trinajstić information content (AvgIpc) is 2.49. The Morgan fingerprint density at radius 2 is 1.70 bits per heavy atom. The molecule has 0 radical (unpaired) electrons. The Kier molecular flexibility index (Phi) is 7.57. The summed E-state index contributed by atoms with van der Waals surface area (Å²) in [5, 5.41) is 0. The van der Waals surface area contributed by atoms with Crippen LogP contribution in [0.25, 0.3) is 0 Å². The summed E-state index contributed by atoms with van der Waals surface area (Å²) < 4.78 is 0. The molecule has 1 aromatic rings. The van der Waals surface area contributed by atoms with Gasteiger partial charge in [0.1, 0.15) is 0 Å². The first-order valence-electron chi connectivity index (χ1n) is 8.46. The predicted octanol–water partition coefficient (Wildman–Crippen LogP) is 6.31. The van der Waals surface area contributed by atoms with Crippen molar-refractivity contribution >= 4 is 11.8 Å². The molecule has 0 aromatic heterocycles. The minimum atomic E-state index is 1.00. The van der Waals surface area contributed by atoms with E-state index < -0.39 is 0 Å². The molecule has 0 amide bonds. The SMILES string of the molecule is CC1CCC(CCCCCSCc2ccccc2)CC1. The molecule has 1 aliphatic rings. The summed E-state index contributed by atoms with van der Waals surface area (Å²) in [6.07, 6.45) is 11.8. The van der Waals surface area contributed by atoms with Gasteiger partial charge < -0.3 is 0 Å². The van der Waals surface area contributed by atoms with Crippen molar-refractivity contribution in [3.05, 3.63) is 35.9 Å². The van der Waals surface area contributed by atoms with Crippen LogP contribution in [0.15, 0.2) is 30.3 Å². The van der Waals surface area contributed by atoms with Gasteiger partial charge in [-0.25, -0.2) is 0 Å². The summed E-state index contributed by atoms with van der Waals surface area (Å²) in [6.45, 7) is 2.42. The van der Waals surface area contributed by atoms with Gasteiger partial charge in [0.15, 0.2) is 0 Å². The van der Waals surface area contributed by atoms with E-state index in [2.05, 4.69) is 49.0 Å². The van der Waals surface area contributed by atoms with Crippen molar-refractivity contribution in [1.29, 1.82) is 0 Å². The maximum absolute atomic E-state index is 2.42. The van der Waals surface area contributed by atoms with E-state index in [-0.39, 0.29) is 0 Å². The van der Waals surface area contributed by atoms with Gasteiger partial charge in [-0.15, -0.1) is 0 Å². The maximum Gasteiger partial charge on any atom is 0.0184 e. The molecule has 0 atom stereocenters. The van der Waals surface area contributed by atoms with Crippen LogP contribution in [-0.4, -0.2) is 5.75 Å². The van der Waals surface area contributed by atoms with Gasteiger partial charge in [0, 0.05) is 5.75 Å². The van der Waals surface area contributed by atoms with Crippen LogP contribution in [0.2, 0.25) is 0 Å². The lowest BCUT2D eigenvalue weighted by Gasteiger charge is -2.25. The van der Waals surface area contributed by atoms with Crippen LogP contribution in [0, 0.1) is 11.8 Å². The van der Waals surface area contributed by atoms with E-state index in [9.17, 15) is 0 Å². The highest BCUT2D eigenvalue weighted by atomic mass is 32.2. The standard InChI is InChI=1S/C19H30S/c1-17-11-13-18(14-12-17)8-6-3-7-15-20-16-19-9-4-2-5-10-19/h2,4-5,9-10,17-18H,3,6-8,11-16H2,1H3. The number of hydrogen-bond donors (Lipinski definition) is 0. The Bertz CT molecular complexity index is 338. The van der Waals surface area contributed by atoms with Gasteiger partial charge in [0.05, 0.1) is 0 Å². The fourth-order valence-electron chi connectivity index (χ4n) is 3.20. The summed E-state index contributed by atoms with van der Waals surface area (Å²) in [5.41, 5.74) is 1.47. The second-order valence-corrected chi connectivity index (χ2v) is 7.62. The minimum Gasteiger partial charge on any atom is -0.157 e. The first kappa shape index (κ1) is 15.9. The molecule has 0 heterocycles. The van der Waals surface area contributed by atoms with Gasteiger partial charge in [0.2, 0.25) is 0 Å². The average molecular weight is 291 g/mol. The Hall–Kier alpha value is -0.430. The number of thioether (sulfide) groups is 1. The summed E-state index contributed by atoms with van der Waals surface area (Å²) in [7, 11) is 0. The lowest BCUT2D eigenvalue weighted by Crippen LogP contribution is -2.12. The molecule has 20 heavy (non-hydrogen) atoms. The van der Waals surface area contributed by atoms with Crippen LogP contribution in [-0.2, 0) is 5.75 Å². The summed E-state index contributed by atoms with van der Waals surface area (Å²) in [4.78, 5) is 0. The summed E-state index contributed by atoms with van der Waals surface area (Å²) in [6, 6.07) is 10.8. The third-order valence-electron chi connectivity index (χ3n) is 4.65. The Balaban J connectivity index is 1.42. The van der Waals surface area contributed by atoms with E-state index >= 15 is 0 Å². The van der Waals surface area contributed by atoms with Crippen molar-refractivity contribution in [2.45, 2.75) is 64.0 Å². The van der Waals surface area contributed by atoms with Crippen molar-refractivity contribution in [2.24, 2.45) is 11.8 Å². The van der Waals surface area contributed by atoms with Crippen molar-refractivity contribution in [2.75, 3.05) is 5.75 Å². The maximum atomic E-state index is 2.42. The Morgan fingerprint density at radius 3 is 2.45 bits per heavy atom. The van der Waals surface area contributed by atoms with Gasteiger partial charge in [0.25, 0.3) is 0 Å². The fraction of sp³-hybridized carbons (Fsp3) is 0.684. The van der Waals surface area contributed by atoms with E-state index in [0.29, 0.717) is 0 Å². The lowest BCUT2D eigenvalue weighted by molar-refractivity contribution is 0.272. The highest BCUT2D eigenvalue weighted by Crippen LogP contribution is 2.31. The first-order chi connectivity index (χ1) is 9.84. The highest BCUT2D eigenvalue weighted by molar-refractivity contribution is 7.98. The van der Waals surface area contributed by atoms with E-state index in [4.69, 9.17) is 0 Å². The second-order valence-electron chi connectivity index (χ2n) is 6.51. The van der Waals surface area contributed by atoms with Gasteiger partial charge >= 0.3 is 0 Å². The second kappa shape index (κ2) is 9.50. The monoisotopic (exact) mass is 290 g/mol. The van der Waals surface area contributed by atoms with Crippen LogP contribution >= 0.6 is 11.8 Å². The molecule has 1 aromatic carbocycles. The predicted molar refractivity (Wildman–Crippen MR) is 92.2 cm³/mol. The number of benzene rings is 1. The smallest absolute Gasteiger partial charge is 0.0184 e. The van der Waals surface area contributed by atoms with Gasteiger partial charge in [-0.2, -0.15) is 11.8 Å². The van der Waals surface area contributed by atoms with Crippen LogP contribution in [0.4, 0.5) is 0 Å². The molecule has 2 rings (SSSR count). The molecule has 0 saturated heterocycles. The van der Waals surface area contributed by atoms with E-state index in [0.717, 1.165) is 11.8 Å². The third-order valence-corrected chi connectivity index (χ3v) is 5.76. The molecule has 0 nitrogen and oxygen atoms in total. The van der Waals surface area contributed by atoms with Crippen molar-refractivity contribution in [3.63, 3.8) is 0 Å². The molecular formula is C19H30S. The zero-order valence-electron chi connectivity index (χ0n) is 13.0. The molecular weight excluding hydrogens is 260 g/mol. The Labute approximate surface area is 129 Å². The molecule has 1 fully saturated rings. The van der Waals surface area contributed by atoms with Crippen molar-refractivity contribution in [1.82, 2.24) is 0 Å². The van der Waals surface area contributed by atoms with Crippen molar-refractivity contribution in [3.8, 4) is 0 Å². The number of unbranched alkanes of at least 4 members (excludes halogenated alkanes) is 2. The zero-order valence-corrected chi connectivity index (χ0v) is 13.8. The van der Waals surface area contributed by atoms with E-state index in [1.807, 2.05) is 0 Å². The molecule has 1 aliphatic carbocycles. The molecule has 112 valence electrons. The quantitative estimate of drug-likeness (QED) is 0.506. The van der Waals surface area contributed by atoms with E-state index in [1.165, 1.54) is 68.4 Å². The topological polar surface area (TPSA) is 0 Å². The molecule has 0 unspecified atom stereocenters. The zero-order chi connectivity index (χ0) is 14.0. The van der Waals surface area contributed by atoms with Gasteiger partial charge in [-0.3, -0.25) is 0 Å². The van der Waals surface area contributed by atoms with Gasteiger partial charge in [-0.1, -0.05) is 82.2 Å². The molecule has 0 spiro atoms. The first-order valence-corrected chi connectivity index (χ1v) is 9.61. The molecule has 1 heteroatoms. The van der Waals surface area contributed by atoms with Gasteiger partial charge in [-0.05, 0) is 29.6 Å². The summed E-state index contributed by atoms with van der Waals surface area (Å²) >= 11 is 2.09. The largest absolute Gasteiger partial charge is 0.157 e. The fourth-order valence-corrected chi connectivity index (χ4v) is 4.18. The molecule has 0 aliphatic heterocycles. The molecule has 0 bridgehead atoms. The minimum absolute atomic E-state index is 1.00. The number of hydrogen-bond acceptors (Lipinski definition) is 1. The van der Waals surface area contributed by atoms with Crippen molar-refractivity contribution < 1.29 is 0 Å². The van der Waals surface area contributed by atoms with Crippen LogP contribution in [0.1, 0.15) is 63.9 Å². The Morgan fingerprint density at radius 1 is 0.950 bits per heavy atom. The van der Waals surface area contributed by atoms with Crippen LogP contribution in [0.3, 0.4) is 0 Å². The molecule has 0 N–H and O–H groups in total. The third kappa shape index (κ3) is 6.35. The van der Waals surface area contributed by atoms with E-state index in [1.54, 1.807) is 0 Å².